The Morgan fingerprint density at radius 3 is 2.71 bits per heavy atom. The molecule has 0 radical (unpaired) electrons. The van der Waals surface area contributed by atoms with E-state index in [1.165, 1.54) is 12.1 Å². The van der Waals surface area contributed by atoms with Gasteiger partial charge in [0.05, 0.1) is 31.1 Å². The highest BCUT2D eigenvalue weighted by Gasteiger charge is 2.42. The molecule has 3 aliphatic heterocycles. The van der Waals surface area contributed by atoms with Gasteiger partial charge in [0.2, 0.25) is 5.91 Å². The van der Waals surface area contributed by atoms with Crippen LogP contribution in [0.2, 0.25) is 0 Å². The van der Waals surface area contributed by atoms with Crippen LogP contribution >= 0.6 is 0 Å². The van der Waals surface area contributed by atoms with Gasteiger partial charge in [0.25, 0.3) is 0 Å². The molecule has 0 unspecified atom stereocenters. The lowest BCUT2D eigenvalue weighted by Crippen LogP contribution is -2.62. The van der Waals surface area contributed by atoms with Gasteiger partial charge in [-0.25, -0.2) is 8.78 Å². The predicted molar refractivity (Wildman–Crippen MR) is 157 cm³/mol. The number of piperazine rings is 1. The molecule has 1 amide bonds. The monoisotopic (exact) mass is 581 g/mol. The highest BCUT2D eigenvalue weighted by molar-refractivity contribution is 5.98. The fourth-order valence-corrected chi connectivity index (χ4v) is 6.85. The Morgan fingerprint density at radius 2 is 1.95 bits per heavy atom. The van der Waals surface area contributed by atoms with Crippen molar-refractivity contribution < 1.29 is 18.3 Å². The van der Waals surface area contributed by atoms with E-state index in [0.717, 1.165) is 62.4 Å². The molecule has 226 valence electrons. The molecule has 0 aliphatic carbocycles. The summed E-state index contributed by atoms with van der Waals surface area (Å²) in [5.74, 6) is -0.469. The van der Waals surface area contributed by atoms with Gasteiger partial charge in [0.15, 0.2) is 5.65 Å². The minimum Gasteiger partial charge on any atom is -0.379 e. The van der Waals surface area contributed by atoms with Gasteiger partial charge in [0, 0.05) is 74.3 Å². The van der Waals surface area contributed by atoms with Crippen molar-refractivity contribution in [3.05, 3.63) is 58.5 Å². The molecular formula is C31H41F2N7O2. The molecular weight excluding hydrogens is 540 g/mol. The largest absolute Gasteiger partial charge is 0.379 e. The second-order valence-electron chi connectivity index (χ2n) is 12.9. The zero-order chi connectivity index (χ0) is 29.8. The van der Waals surface area contributed by atoms with Gasteiger partial charge < -0.3 is 15.0 Å². The van der Waals surface area contributed by atoms with Gasteiger partial charge in [-0.05, 0) is 38.5 Å². The van der Waals surface area contributed by atoms with Crippen molar-refractivity contribution in [3.63, 3.8) is 0 Å². The molecule has 3 atom stereocenters. The molecule has 6 rings (SSSR count). The smallest absolute Gasteiger partial charge is 0.241 e. The maximum absolute atomic E-state index is 14.7. The number of hydrogen-bond acceptors (Lipinski definition) is 7. The number of morpholine rings is 1. The van der Waals surface area contributed by atoms with Gasteiger partial charge in [-0.3, -0.25) is 19.0 Å². The molecule has 2 aromatic heterocycles. The van der Waals surface area contributed by atoms with Gasteiger partial charge in [0.1, 0.15) is 17.5 Å². The summed E-state index contributed by atoms with van der Waals surface area (Å²) in [4.78, 5) is 20.9. The van der Waals surface area contributed by atoms with Crippen molar-refractivity contribution in [2.45, 2.75) is 64.6 Å². The molecule has 2 saturated heterocycles. The van der Waals surface area contributed by atoms with E-state index in [0.29, 0.717) is 36.2 Å². The fourth-order valence-electron chi connectivity index (χ4n) is 6.85. The average Bonchev–Trinajstić information content (AvgIpc) is 3.44. The number of pyridine rings is 1. The van der Waals surface area contributed by atoms with Crippen LogP contribution in [0.5, 0.6) is 0 Å². The summed E-state index contributed by atoms with van der Waals surface area (Å²) in [5, 5.41) is 12.4. The van der Waals surface area contributed by atoms with Gasteiger partial charge in [-0.15, -0.1) is 10.2 Å². The number of fused-ring (bicyclic) bond motifs is 3. The number of ether oxygens (including phenoxy) is 1. The van der Waals surface area contributed by atoms with E-state index in [1.54, 1.807) is 0 Å². The van der Waals surface area contributed by atoms with Crippen molar-refractivity contribution >= 4 is 17.2 Å². The van der Waals surface area contributed by atoms with E-state index in [2.05, 4.69) is 53.0 Å². The van der Waals surface area contributed by atoms with Crippen molar-refractivity contribution in [1.29, 1.82) is 0 Å². The summed E-state index contributed by atoms with van der Waals surface area (Å²) in [6, 6.07) is 6.43. The zero-order valence-electron chi connectivity index (χ0n) is 25.2. The van der Waals surface area contributed by atoms with Crippen LogP contribution in [-0.2, 0) is 21.4 Å². The third-order valence-electron chi connectivity index (χ3n) is 9.09. The Labute approximate surface area is 245 Å². The normalized spacial score (nSPS) is 24.8. The summed E-state index contributed by atoms with van der Waals surface area (Å²) in [6.45, 7) is 16.2. The Morgan fingerprint density at radius 1 is 1.14 bits per heavy atom. The summed E-state index contributed by atoms with van der Waals surface area (Å²) in [7, 11) is 0. The van der Waals surface area contributed by atoms with E-state index < -0.39 is 11.6 Å². The van der Waals surface area contributed by atoms with E-state index in [4.69, 9.17) is 4.74 Å². The molecule has 3 aromatic rings. The molecule has 0 bridgehead atoms. The molecule has 1 aromatic carbocycles. The Kier molecular flexibility index (Phi) is 7.80. The van der Waals surface area contributed by atoms with Gasteiger partial charge in [-0.2, -0.15) is 0 Å². The molecule has 3 aliphatic rings. The van der Waals surface area contributed by atoms with Crippen LogP contribution in [0.1, 0.15) is 50.3 Å². The lowest BCUT2D eigenvalue weighted by molar-refractivity contribution is -0.121. The molecule has 9 nitrogen and oxygen atoms in total. The quantitative estimate of drug-likeness (QED) is 0.480. The fraction of sp³-hybridized carbons (Fsp3) is 0.581. The molecule has 0 saturated carbocycles. The van der Waals surface area contributed by atoms with E-state index in [-0.39, 0.29) is 29.8 Å². The molecule has 11 heteroatoms. The van der Waals surface area contributed by atoms with Crippen LogP contribution in [0.4, 0.5) is 14.5 Å². The van der Waals surface area contributed by atoms with Crippen molar-refractivity contribution in [2.24, 2.45) is 0 Å². The van der Waals surface area contributed by atoms with Crippen LogP contribution in [-0.4, -0.2) is 101 Å². The molecule has 2 fully saturated rings. The number of carbonyl (C=O) groups is 1. The van der Waals surface area contributed by atoms with Crippen molar-refractivity contribution in [3.8, 4) is 0 Å². The highest BCUT2D eigenvalue weighted by atomic mass is 19.1. The van der Waals surface area contributed by atoms with Crippen LogP contribution in [0.15, 0.2) is 24.3 Å². The highest BCUT2D eigenvalue weighted by Crippen LogP contribution is 2.42. The molecule has 0 spiro atoms. The number of benzene rings is 1. The number of carbonyl (C=O) groups excluding carboxylic acids is 1. The third-order valence-corrected chi connectivity index (χ3v) is 9.09. The maximum Gasteiger partial charge on any atom is 0.241 e. The van der Waals surface area contributed by atoms with E-state index >= 15 is 0 Å². The lowest BCUT2D eigenvalue weighted by atomic mass is 9.90. The lowest BCUT2D eigenvalue weighted by Gasteiger charge is -2.43. The first-order valence-corrected chi connectivity index (χ1v) is 14.9. The van der Waals surface area contributed by atoms with Crippen LogP contribution in [0.3, 0.4) is 0 Å². The standard InChI is InChI=1S/C31H41F2N7O2/c1-19-14-38(25(13-34-19)15-37-8-9-42-17-20(37)2)16-28(41)39-18-31(4,5)29-27(39)11-23(30-36-35-21(3)40(29)30)10-22-6-7-24(32)12-26(22)33/h6-7,11-12,19-20,25,34H,8-10,13-18H2,1-5H3/t19-,20-,25-/m1/s1. The summed E-state index contributed by atoms with van der Waals surface area (Å²) < 4.78 is 36.0. The molecule has 5 heterocycles. The number of anilines is 1. The first-order chi connectivity index (χ1) is 20.0. The SMILES string of the molecule is Cc1nnc2c(Cc3ccc(F)cc3F)cc3c(n12)C(C)(C)CN3C(=O)CN1C[C@@H](C)NC[C@@H]1CN1CCOC[C@H]1C. The van der Waals surface area contributed by atoms with Crippen molar-refractivity contribution in [1.82, 2.24) is 29.7 Å². The summed E-state index contributed by atoms with van der Waals surface area (Å²) >= 11 is 0. The molecule has 42 heavy (non-hydrogen) atoms. The number of halogens is 2. The Hall–Kier alpha value is -2.99. The third kappa shape index (κ3) is 5.43. The summed E-state index contributed by atoms with van der Waals surface area (Å²) in [5.41, 5.74) is 3.17. The number of nitrogens with zero attached hydrogens (tertiary/aromatic N) is 6. The van der Waals surface area contributed by atoms with Crippen LogP contribution in [0, 0.1) is 18.6 Å². The number of amides is 1. The minimum atomic E-state index is -0.615. The van der Waals surface area contributed by atoms with Crippen molar-refractivity contribution in [2.75, 3.05) is 57.4 Å². The van der Waals surface area contributed by atoms with Gasteiger partial charge >= 0.3 is 0 Å². The predicted octanol–water partition coefficient (Wildman–Crippen LogP) is 2.91. The first-order valence-electron chi connectivity index (χ1n) is 14.9. The zero-order valence-corrected chi connectivity index (χ0v) is 25.2. The summed E-state index contributed by atoms with van der Waals surface area (Å²) in [6.07, 6.45) is 0.207. The van der Waals surface area contributed by atoms with E-state index in [1.807, 2.05) is 22.3 Å². The Balaban J connectivity index is 1.32. The number of rotatable bonds is 6. The first kappa shape index (κ1) is 29.1. The van der Waals surface area contributed by atoms with Crippen LogP contribution < -0.4 is 10.2 Å². The number of aryl methyl sites for hydroxylation is 1. The maximum atomic E-state index is 14.7. The number of nitrogens with one attached hydrogen (secondary N) is 1. The van der Waals surface area contributed by atoms with E-state index in [9.17, 15) is 13.6 Å². The van der Waals surface area contributed by atoms with Gasteiger partial charge in [-0.1, -0.05) is 19.9 Å². The Bertz CT molecular complexity index is 1490. The second kappa shape index (κ2) is 11.3. The van der Waals surface area contributed by atoms with Crippen LogP contribution in [0.25, 0.3) is 5.65 Å². The second-order valence-corrected chi connectivity index (χ2v) is 12.9. The number of aromatic nitrogens is 3. The minimum absolute atomic E-state index is 0.0416. The average molecular weight is 582 g/mol. The molecule has 1 N–H and O–H groups in total. The topological polar surface area (TPSA) is 78.2 Å². The number of hydrogen-bond donors (Lipinski definition) is 1.